The van der Waals surface area contributed by atoms with E-state index < -0.39 is 0 Å². The SMILES string of the molecule is c1ccc(-n2c3ccccc3c3cc(-n4c5ccc(-c6ccc7c(c6)n6c8ccccc8nc6n7-c6ccc7c(c6)c6ccccc6n7-c6ccccc6)cc5n5c6ccccc6nc45)ccc32)cc1. The number of imidazole rings is 4. The van der Waals surface area contributed by atoms with Crippen LogP contribution < -0.4 is 0 Å². The topological polar surface area (TPSA) is 54.3 Å². The lowest BCUT2D eigenvalue weighted by molar-refractivity contribution is 1.11. The molecule has 70 heavy (non-hydrogen) atoms. The van der Waals surface area contributed by atoms with Gasteiger partial charge in [-0.25, -0.2) is 9.97 Å². The van der Waals surface area contributed by atoms with Gasteiger partial charge >= 0.3 is 0 Å². The zero-order valence-corrected chi connectivity index (χ0v) is 37.5. The molecule has 6 heterocycles. The Bertz CT molecular complexity index is 4520. The van der Waals surface area contributed by atoms with Gasteiger partial charge in [-0.3, -0.25) is 17.9 Å². The molecule has 0 N–H and O–H groups in total. The first-order valence-electron chi connectivity index (χ1n) is 23.8. The number of nitrogens with zero attached hydrogens (tertiary/aromatic N) is 8. The van der Waals surface area contributed by atoms with Crippen molar-refractivity contribution in [3.63, 3.8) is 0 Å². The molecular formula is C62H38N8. The summed E-state index contributed by atoms with van der Waals surface area (Å²) in [5, 5.41) is 4.82. The molecule has 10 aromatic carbocycles. The van der Waals surface area contributed by atoms with Gasteiger partial charge in [-0.1, -0.05) is 109 Å². The molecule has 0 radical (unpaired) electrons. The largest absolute Gasteiger partial charge is 0.309 e. The van der Waals surface area contributed by atoms with E-state index in [-0.39, 0.29) is 0 Å². The third-order valence-electron chi connectivity index (χ3n) is 14.6. The molecule has 0 spiro atoms. The molecule has 326 valence electrons. The van der Waals surface area contributed by atoms with Crippen LogP contribution in [0.1, 0.15) is 0 Å². The second-order valence-electron chi connectivity index (χ2n) is 18.3. The summed E-state index contributed by atoms with van der Waals surface area (Å²) in [4.78, 5) is 10.6. The lowest BCUT2D eigenvalue weighted by Gasteiger charge is -2.10. The Hall–Kier alpha value is -9.66. The summed E-state index contributed by atoms with van der Waals surface area (Å²) in [6.07, 6.45) is 0. The second-order valence-corrected chi connectivity index (χ2v) is 18.3. The minimum Gasteiger partial charge on any atom is -0.309 e. The van der Waals surface area contributed by atoms with Gasteiger partial charge in [0, 0.05) is 44.3 Å². The van der Waals surface area contributed by atoms with Gasteiger partial charge in [-0.05, 0) is 132 Å². The molecule has 0 unspecified atom stereocenters. The maximum absolute atomic E-state index is 5.31. The molecule has 8 nitrogen and oxygen atoms in total. The lowest BCUT2D eigenvalue weighted by Crippen LogP contribution is -1.96. The number of fused-ring (bicyclic) bond motifs is 16. The van der Waals surface area contributed by atoms with Crippen LogP contribution in [0, 0.1) is 0 Å². The maximum Gasteiger partial charge on any atom is 0.220 e. The quantitative estimate of drug-likeness (QED) is 0.173. The summed E-state index contributed by atoms with van der Waals surface area (Å²) >= 11 is 0. The van der Waals surface area contributed by atoms with E-state index >= 15 is 0 Å². The summed E-state index contributed by atoms with van der Waals surface area (Å²) < 4.78 is 14.0. The van der Waals surface area contributed by atoms with Crippen LogP contribution in [0.15, 0.2) is 231 Å². The van der Waals surface area contributed by atoms with Crippen LogP contribution in [0.4, 0.5) is 0 Å². The van der Waals surface area contributed by atoms with E-state index in [9.17, 15) is 0 Å². The van der Waals surface area contributed by atoms with E-state index in [4.69, 9.17) is 9.97 Å². The van der Waals surface area contributed by atoms with Crippen molar-refractivity contribution < 1.29 is 0 Å². The highest BCUT2D eigenvalue weighted by molar-refractivity contribution is 6.11. The minimum absolute atomic E-state index is 0.877. The number of para-hydroxylation sites is 8. The summed E-state index contributed by atoms with van der Waals surface area (Å²) in [6.45, 7) is 0. The number of rotatable bonds is 5. The molecule has 0 aliphatic heterocycles. The fourth-order valence-electron chi connectivity index (χ4n) is 11.6. The molecule has 0 saturated carbocycles. The zero-order valence-electron chi connectivity index (χ0n) is 37.5. The van der Waals surface area contributed by atoms with E-state index in [2.05, 4.69) is 258 Å². The molecule has 0 aliphatic carbocycles. The molecule has 16 rings (SSSR count). The first-order valence-corrected chi connectivity index (χ1v) is 23.8. The van der Waals surface area contributed by atoms with E-state index in [1.165, 1.54) is 43.6 Å². The van der Waals surface area contributed by atoms with Crippen LogP contribution in [0.3, 0.4) is 0 Å². The van der Waals surface area contributed by atoms with Gasteiger partial charge in [0.1, 0.15) is 0 Å². The van der Waals surface area contributed by atoms with Crippen LogP contribution >= 0.6 is 0 Å². The summed E-state index contributed by atoms with van der Waals surface area (Å²) in [5.41, 5.74) is 19.8. The minimum atomic E-state index is 0.877. The average molecular weight is 895 g/mol. The van der Waals surface area contributed by atoms with Crippen LogP contribution in [-0.4, -0.2) is 37.0 Å². The van der Waals surface area contributed by atoms with E-state index in [1.807, 2.05) is 0 Å². The van der Waals surface area contributed by atoms with E-state index in [1.54, 1.807) is 0 Å². The fraction of sp³-hybridized carbons (Fsp3) is 0. The molecule has 0 fully saturated rings. The van der Waals surface area contributed by atoms with Gasteiger partial charge in [0.15, 0.2) is 0 Å². The summed E-state index contributed by atoms with van der Waals surface area (Å²) in [5.74, 6) is 1.75. The normalized spacial score (nSPS) is 12.3. The highest BCUT2D eigenvalue weighted by atomic mass is 15.2. The molecule has 0 bridgehead atoms. The van der Waals surface area contributed by atoms with Gasteiger partial charge < -0.3 is 9.13 Å². The summed E-state index contributed by atoms with van der Waals surface area (Å²) in [7, 11) is 0. The van der Waals surface area contributed by atoms with Crippen molar-refractivity contribution in [3.8, 4) is 33.9 Å². The third-order valence-corrected chi connectivity index (χ3v) is 14.6. The van der Waals surface area contributed by atoms with E-state index in [0.29, 0.717) is 0 Å². The molecule has 0 aliphatic rings. The molecule has 0 saturated heterocycles. The van der Waals surface area contributed by atoms with Crippen LogP contribution in [0.2, 0.25) is 0 Å². The number of hydrogen-bond acceptors (Lipinski definition) is 2. The van der Waals surface area contributed by atoms with Gasteiger partial charge in [0.05, 0.1) is 66.2 Å². The number of benzene rings is 10. The maximum atomic E-state index is 5.31. The van der Waals surface area contributed by atoms with Gasteiger partial charge in [-0.2, -0.15) is 0 Å². The Morgan fingerprint density at radius 1 is 0.229 bits per heavy atom. The van der Waals surface area contributed by atoms with Gasteiger partial charge in [0.2, 0.25) is 11.6 Å². The predicted molar refractivity (Wildman–Crippen MR) is 287 cm³/mol. The summed E-state index contributed by atoms with van der Waals surface area (Å²) in [6, 6.07) is 83.0. The number of aromatic nitrogens is 8. The van der Waals surface area contributed by atoms with Crippen LogP contribution in [-0.2, 0) is 0 Å². The van der Waals surface area contributed by atoms with Crippen LogP contribution in [0.25, 0.3) is 133 Å². The zero-order chi connectivity index (χ0) is 45.6. The standard InChI is InChI=1S/C62H38N8/c1-3-15-41(16-4-1)65-51-23-11-7-19-45(51)47-37-43(29-33-53(47)65)67-57-31-27-39(35-59(57)69-55-25-13-9-21-49(55)63-61(67)69)40-28-32-58-60(36-40)70-56-26-14-10-22-50(56)64-62(70)68(58)44-30-34-54-48(38-44)46-20-8-12-24-52(46)66(54)42-17-5-2-6-18-42/h1-38H. The van der Waals surface area contributed by atoms with Crippen molar-refractivity contribution in [2.24, 2.45) is 0 Å². The van der Waals surface area contributed by atoms with Crippen molar-refractivity contribution in [1.82, 2.24) is 37.0 Å². The van der Waals surface area contributed by atoms with Gasteiger partial charge in [-0.15, -0.1) is 0 Å². The monoisotopic (exact) mass is 894 g/mol. The Kier molecular flexibility index (Phi) is 7.46. The Morgan fingerprint density at radius 2 is 0.600 bits per heavy atom. The third kappa shape index (κ3) is 5.08. The molecular weight excluding hydrogens is 857 g/mol. The molecule has 16 aromatic rings. The van der Waals surface area contributed by atoms with Crippen molar-refractivity contribution in [1.29, 1.82) is 0 Å². The Morgan fingerprint density at radius 3 is 1.06 bits per heavy atom. The average Bonchev–Trinajstić information content (AvgIpc) is 4.26. The number of hydrogen-bond donors (Lipinski definition) is 0. The van der Waals surface area contributed by atoms with Gasteiger partial charge in [0.25, 0.3) is 0 Å². The smallest absolute Gasteiger partial charge is 0.220 e. The van der Waals surface area contributed by atoms with Crippen molar-refractivity contribution in [2.75, 3.05) is 0 Å². The molecule has 6 aromatic heterocycles. The highest BCUT2D eigenvalue weighted by Crippen LogP contribution is 2.40. The highest BCUT2D eigenvalue weighted by Gasteiger charge is 2.23. The van der Waals surface area contributed by atoms with Crippen molar-refractivity contribution in [2.45, 2.75) is 0 Å². The van der Waals surface area contributed by atoms with Crippen molar-refractivity contribution >= 4 is 99.3 Å². The van der Waals surface area contributed by atoms with Crippen LogP contribution in [0.5, 0.6) is 0 Å². The molecule has 0 atom stereocenters. The van der Waals surface area contributed by atoms with E-state index in [0.717, 1.165) is 89.6 Å². The Labute approximate surface area is 399 Å². The molecule has 8 heteroatoms. The fourth-order valence-corrected chi connectivity index (χ4v) is 11.6. The molecule has 0 amide bonds. The Balaban J connectivity index is 0.898. The predicted octanol–water partition coefficient (Wildman–Crippen LogP) is 15.0. The first kappa shape index (κ1) is 37.4. The second kappa shape index (κ2) is 13.9. The van der Waals surface area contributed by atoms with Crippen molar-refractivity contribution in [3.05, 3.63) is 231 Å². The lowest BCUT2D eigenvalue weighted by atomic mass is 10.0. The first-order chi connectivity index (χ1) is 34.7.